The van der Waals surface area contributed by atoms with Crippen molar-refractivity contribution in [2.75, 3.05) is 6.61 Å². The molecule has 0 aliphatic rings. The molecule has 3 aromatic carbocycles. The quantitative estimate of drug-likeness (QED) is 0.556. The van der Waals surface area contributed by atoms with E-state index in [4.69, 9.17) is 4.74 Å². The van der Waals surface area contributed by atoms with E-state index in [2.05, 4.69) is 0 Å². The van der Waals surface area contributed by atoms with E-state index in [1.165, 1.54) is 12.1 Å². The molecule has 0 N–H and O–H groups in total. The molecule has 0 radical (unpaired) electrons. The summed E-state index contributed by atoms with van der Waals surface area (Å²) >= 11 is 0. The Kier molecular flexibility index (Phi) is 3.69. The smallest absolute Gasteiger partial charge is 0.416 e. The third-order valence-corrected chi connectivity index (χ3v) is 3.61. The molecule has 4 heteroatoms. The van der Waals surface area contributed by atoms with Crippen LogP contribution in [0.15, 0.2) is 48.5 Å². The summed E-state index contributed by atoms with van der Waals surface area (Å²) in [5.41, 5.74) is -0.623. The maximum atomic E-state index is 12.8. The minimum absolute atomic E-state index is 0.588. The summed E-state index contributed by atoms with van der Waals surface area (Å²) in [6.07, 6.45) is -3.39. The van der Waals surface area contributed by atoms with Gasteiger partial charge in [-0.3, -0.25) is 0 Å². The molecule has 0 saturated carbocycles. The van der Waals surface area contributed by atoms with E-state index in [0.717, 1.165) is 34.4 Å². The van der Waals surface area contributed by atoms with Gasteiger partial charge in [0.05, 0.1) is 12.2 Å². The third kappa shape index (κ3) is 2.73. The van der Waals surface area contributed by atoms with E-state index in [1.807, 2.05) is 31.2 Å². The molecule has 0 aromatic heterocycles. The van der Waals surface area contributed by atoms with E-state index in [9.17, 15) is 13.2 Å². The number of benzene rings is 3. The molecule has 0 fully saturated rings. The van der Waals surface area contributed by atoms with Crippen molar-refractivity contribution in [3.8, 4) is 5.75 Å². The van der Waals surface area contributed by atoms with Gasteiger partial charge in [-0.05, 0) is 52.2 Å². The standard InChI is InChI=1S/C18H15F3O/c1-2-9-22-15-6-8-17-13(11-15)4-3-12-10-14(18(19,20)21)5-7-16(12)17/h3-8,10-11H,2,9H2,1H3. The molecule has 0 spiro atoms. The molecule has 0 unspecified atom stereocenters. The molecule has 3 aromatic rings. The number of fused-ring (bicyclic) bond motifs is 3. The Morgan fingerprint density at radius 3 is 2.14 bits per heavy atom. The van der Waals surface area contributed by atoms with Crippen molar-refractivity contribution in [3.63, 3.8) is 0 Å². The Morgan fingerprint density at radius 2 is 1.50 bits per heavy atom. The summed E-state index contributed by atoms with van der Waals surface area (Å²) in [5, 5.41) is 3.29. The lowest BCUT2D eigenvalue weighted by Gasteiger charge is -2.10. The van der Waals surface area contributed by atoms with Crippen molar-refractivity contribution >= 4 is 21.5 Å². The zero-order chi connectivity index (χ0) is 15.7. The van der Waals surface area contributed by atoms with Crippen LogP contribution < -0.4 is 4.74 Å². The number of hydrogen-bond donors (Lipinski definition) is 0. The van der Waals surface area contributed by atoms with Crippen molar-refractivity contribution in [3.05, 3.63) is 54.1 Å². The SMILES string of the molecule is CCCOc1ccc2c(ccc3cc(C(F)(F)F)ccc32)c1. The van der Waals surface area contributed by atoms with Crippen LogP contribution in [-0.2, 0) is 6.18 Å². The van der Waals surface area contributed by atoms with Gasteiger partial charge in [0.15, 0.2) is 0 Å². The fraction of sp³-hybridized carbons (Fsp3) is 0.222. The van der Waals surface area contributed by atoms with Crippen LogP contribution in [0.2, 0.25) is 0 Å². The van der Waals surface area contributed by atoms with Gasteiger partial charge >= 0.3 is 6.18 Å². The van der Waals surface area contributed by atoms with Gasteiger partial charge in [-0.2, -0.15) is 13.2 Å². The average Bonchev–Trinajstić information content (AvgIpc) is 2.51. The van der Waals surface area contributed by atoms with Gasteiger partial charge in [0.2, 0.25) is 0 Å². The van der Waals surface area contributed by atoms with Gasteiger partial charge in [-0.15, -0.1) is 0 Å². The first-order chi connectivity index (χ1) is 10.5. The second-order valence-electron chi connectivity index (χ2n) is 5.23. The van der Waals surface area contributed by atoms with Gasteiger partial charge < -0.3 is 4.74 Å². The van der Waals surface area contributed by atoms with Crippen molar-refractivity contribution in [1.82, 2.24) is 0 Å². The van der Waals surface area contributed by atoms with Crippen molar-refractivity contribution in [2.24, 2.45) is 0 Å². The topological polar surface area (TPSA) is 9.23 Å². The molecular formula is C18H15F3O. The number of halogens is 3. The Morgan fingerprint density at radius 1 is 0.864 bits per heavy atom. The Bertz CT molecular complexity index is 822. The van der Waals surface area contributed by atoms with Crippen LogP contribution in [0.1, 0.15) is 18.9 Å². The second kappa shape index (κ2) is 5.52. The highest BCUT2D eigenvalue weighted by atomic mass is 19.4. The van der Waals surface area contributed by atoms with E-state index in [1.54, 1.807) is 6.07 Å². The van der Waals surface area contributed by atoms with E-state index in [-0.39, 0.29) is 0 Å². The van der Waals surface area contributed by atoms with Gasteiger partial charge in [0.1, 0.15) is 5.75 Å². The molecule has 0 saturated heterocycles. The summed E-state index contributed by atoms with van der Waals surface area (Å²) in [6, 6.07) is 13.1. The Labute approximate surface area is 126 Å². The summed E-state index contributed by atoms with van der Waals surface area (Å²) in [5.74, 6) is 0.778. The zero-order valence-electron chi connectivity index (χ0n) is 12.1. The molecule has 0 aliphatic carbocycles. The predicted molar refractivity (Wildman–Crippen MR) is 82.2 cm³/mol. The lowest BCUT2D eigenvalue weighted by atomic mass is 10.00. The summed E-state index contributed by atoms with van der Waals surface area (Å²) in [7, 11) is 0. The highest BCUT2D eigenvalue weighted by Gasteiger charge is 2.30. The van der Waals surface area contributed by atoms with Crippen molar-refractivity contribution < 1.29 is 17.9 Å². The van der Waals surface area contributed by atoms with E-state index < -0.39 is 11.7 Å². The van der Waals surface area contributed by atoms with Crippen molar-refractivity contribution in [2.45, 2.75) is 19.5 Å². The monoisotopic (exact) mass is 304 g/mol. The Balaban J connectivity index is 2.11. The molecular weight excluding hydrogens is 289 g/mol. The molecule has 0 aliphatic heterocycles. The molecule has 0 bridgehead atoms. The first kappa shape index (κ1) is 14.7. The van der Waals surface area contributed by atoms with E-state index >= 15 is 0 Å². The number of hydrogen-bond acceptors (Lipinski definition) is 1. The van der Waals surface area contributed by atoms with Crippen LogP contribution >= 0.6 is 0 Å². The maximum Gasteiger partial charge on any atom is 0.416 e. The number of rotatable bonds is 3. The zero-order valence-corrected chi connectivity index (χ0v) is 12.1. The highest BCUT2D eigenvalue weighted by molar-refractivity contribution is 6.07. The summed E-state index contributed by atoms with van der Waals surface area (Å²) in [6.45, 7) is 2.68. The van der Waals surface area contributed by atoms with Gasteiger partial charge in [0, 0.05) is 0 Å². The van der Waals surface area contributed by atoms with Crippen LogP contribution in [0.25, 0.3) is 21.5 Å². The van der Waals surface area contributed by atoms with Crippen molar-refractivity contribution in [1.29, 1.82) is 0 Å². The molecule has 0 amide bonds. The predicted octanol–water partition coefficient (Wildman–Crippen LogP) is 5.80. The third-order valence-electron chi connectivity index (χ3n) is 3.61. The van der Waals surface area contributed by atoms with Crippen LogP contribution in [0, 0.1) is 0 Å². The summed E-state index contributed by atoms with van der Waals surface area (Å²) in [4.78, 5) is 0. The fourth-order valence-corrected chi connectivity index (χ4v) is 2.54. The fourth-order valence-electron chi connectivity index (χ4n) is 2.54. The lowest BCUT2D eigenvalue weighted by Crippen LogP contribution is -2.04. The van der Waals surface area contributed by atoms with Crippen LogP contribution in [0.4, 0.5) is 13.2 Å². The van der Waals surface area contributed by atoms with Gasteiger partial charge in [-0.25, -0.2) is 0 Å². The first-order valence-electron chi connectivity index (χ1n) is 7.15. The van der Waals surface area contributed by atoms with Gasteiger partial charge in [-0.1, -0.05) is 31.2 Å². The first-order valence-corrected chi connectivity index (χ1v) is 7.15. The van der Waals surface area contributed by atoms with Crippen LogP contribution in [0.5, 0.6) is 5.75 Å². The van der Waals surface area contributed by atoms with Crippen LogP contribution in [-0.4, -0.2) is 6.61 Å². The molecule has 22 heavy (non-hydrogen) atoms. The molecule has 0 atom stereocenters. The highest BCUT2D eigenvalue weighted by Crippen LogP contribution is 2.34. The molecule has 0 heterocycles. The lowest BCUT2D eigenvalue weighted by molar-refractivity contribution is -0.137. The minimum atomic E-state index is -4.32. The molecule has 3 rings (SSSR count). The van der Waals surface area contributed by atoms with E-state index in [0.29, 0.717) is 12.0 Å². The maximum absolute atomic E-state index is 12.8. The molecule has 1 nitrogen and oxygen atoms in total. The second-order valence-corrected chi connectivity index (χ2v) is 5.23. The normalized spacial score (nSPS) is 12.0. The largest absolute Gasteiger partial charge is 0.494 e. The summed E-state index contributed by atoms with van der Waals surface area (Å²) < 4.78 is 43.9. The Hall–Kier alpha value is -2.23. The minimum Gasteiger partial charge on any atom is -0.494 e. The van der Waals surface area contributed by atoms with Crippen LogP contribution in [0.3, 0.4) is 0 Å². The number of ether oxygens (including phenoxy) is 1. The molecule has 114 valence electrons. The van der Waals surface area contributed by atoms with Gasteiger partial charge in [0.25, 0.3) is 0 Å². The average molecular weight is 304 g/mol. The number of alkyl halides is 3.